The van der Waals surface area contributed by atoms with Crippen LogP contribution in [0.5, 0.6) is 0 Å². The molecule has 4 nitrogen and oxygen atoms in total. The van der Waals surface area contributed by atoms with Crippen LogP contribution in [0.3, 0.4) is 0 Å². The Kier molecular flexibility index (Phi) is 4.34. The van der Waals surface area contributed by atoms with Crippen LogP contribution in [0.4, 0.5) is 0 Å². The van der Waals surface area contributed by atoms with Crippen molar-refractivity contribution in [3.05, 3.63) is 46.6 Å². The highest BCUT2D eigenvalue weighted by molar-refractivity contribution is 6.30. The Morgan fingerprint density at radius 3 is 3.05 bits per heavy atom. The predicted octanol–water partition coefficient (Wildman–Crippen LogP) is 3.93. The molecule has 0 bridgehead atoms. The average Bonchev–Trinajstić information content (AvgIpc) is 2.80. The highest BCUT2D eigenvalue weighted by Crippen LogP contribution is 2.28. The minimum Gasteiger partial charge on any atom is -0.339 e. The summed E-state index contributed by atoms with van der Waals surface area (Å²) in [7, 11) is 0. The number of ketones is 1. The van der Waals surface area contributed by atoms with Crippen molar-refractivity contribution in [1.29, 1.82) is 0 Å². The zero-order valence-electron chi connectivity index (χ0n) is 11.7. The number of aromatic nitrogens is 2. The van der Waals surface area contributed by atoms with Gasteiger partial charge in [0.2, 0.25) is 5.89 Å². The number of nitrogens with zero attached hydrogens (tertiary/aromatic N) is 2. The van der Waals surface area contributed by atoms with E-state index in [2.05, 4.69) is 10.1 Å². The molecule has 1 saturated carbocycles. The first-order valence-corrected chi connectivity index (χ1v) is 7.70. The molecule has 5 heteroatoms. The van der Waals surface area contributed by atoms with Crippen LogP contribution >= 0.6 is 11.6 Å². The van der Waals surface area contributed by atoms with Gasteiger partial charge in [0.15, 0.2) is 5.82 Å². The second kappa shape index (κ2) is 6.39. The number of carbonyl (C=O) groups excluding carboxylic acids is 1. The SMILES string of the molecule is O=C1CCCCCC1c1nc(Cc2cccc(Cl)c2)no1. The summed E-state index contributed by atoms with van der Waals surface area (Å²) < 4.78 is 5.32. The first-order chi connectivity index (χ1) is 10.2. The Hall–Kier alpha value is -1.68. The highest BCUT2D eigenvalue weighted by atomic mass is 35.5. The molecule has 0 radical (unpaired) electrons. The van der Waals surface area contributed by atoms with E-state index in [1.54, 1.807) is 0 Å². The summed E-state index contributed by atoms with van der Waals surface area (Å²) >= 11 is 5.97. The Morgan fingerprint density at radius 1 is 1.29 bits per heavy atom. The van der Waals surface area contributed by atoms with E-state index in [4.69, 9.17) is 16.1 Å². The van der Waals surface area contributed by atoms with Crippen LogP contribution in [-0.2, 0) is 11.2 Å². The fourth-order valence-corrected chi connectivity index (χ4v) is 2.94. The molecule has 0 aliphatic heterocycles. The molecule has 0 spiro atoms. The average molecular weight is 305 g/mol. The lowest BCUT2D eigenvalue weighted by molar-refractivity contribution is -0.120. The van der Waals surface area contributed by atoms with Gasteiger partial charge in [-0.3, -0.25) is 4.79 Å². The molecule has 0 amide bonds. The summed E-state index contributed by atoms with van der Waals surface area (Å²) in [5, 5.41) is 4.69. The number of halogens is 1. The second-order valence-corrected chi connectivity index (χ2v) is 5.91. The number of Topliss-reactive ketones (excluding diaryl/α,β-unsaturated/α-hetero) is 1. The molecule has 0 N–H and O–H groups in total. The van der Waals surface area contributed by atoms with E-state index >= 15 is 0 Å². The summed E-state index contributed by atoms with van der Waals surface area (Å²) in [6, 6.07) is 7.58. The van der Waals surface area contributed by atoms with Crippen LogP contribution in [0, 0.1) is 0 Å². The van der Waals surface area contributed by atoms with Crippen molar-refractivity contribution < 1.29 is 9.32 Å². The molecule has 1 aromatic heterocycles. The van der Waals surface area contributed by atoms with E-state index in [1.807, 2.05) is 24.3 Å². The smallest absolute Gasteiger partial charge is 0.237 e. The molecule has 1 fully saturated rings. The summed E-state index contributed by atoms with van der Waals surface area (Å²) in [6.07, 6.45) is 5.12. The van der Waals surface area contributed by atoms with E-state index in [9.17, 15) is 4.79 Å². The van der Waals surface area contributed by atoms with Gasteiger partial charge in [0.25, 0.3) is 0 Å². The fourth-order valence-electron chi connectivity index (χ4n) is 2.73. The first-order valence-electron chi connectivity index (χ1n) is 7.32. The van der Waals surface area contributed by atoms with Gasteiger partial charge in [-0.2, -0.15) is 4.98 Å². The maximum absolute atomic E-state index is 12.1. The molecule has 1 atom stereocenters. The van der Waals surface area contributed by atoms with Crippen LogP contribution in [0.15, 0.2) is 28.8 Å². The van der Waals surface area contributed by atoms with Gasteiger partial charge in [0.05, 0.1) is 5.92 Å². The largest absolute Gasteiger partial charge is 0.339 e. The molecule has 3 rings (SSSR count). The van der Waals surface area contributed by atoms with E-state index in [-0.39, 0.29) is 11.7 Å². The number of carbonyl (C=O) groups is 1. The van der Waals surface area contributed by atoms with Crippen LogP contribution < -0.4 is 0 Å². The Bertz CT molecular complexity index is 639. The van der Waals surface area contributed by atoms with Crippen LogP contribution in [0.25, 0.3) is 0 Å². The van der Waals surface area contributed by atoms with Crippen molar-refractivity contribution in [3.8, 4) is 0 Å². The summed E-state index contributed by atoms with van der Waals surface area (Å²) in [5.74, 6) is 1.09. The minimum absolute atomic E-state index is 0.215. The number of hydrogen-bond acceptors (Lipinski definition) is 4. The van der Waals surface area contributed by atoms with Crippen LogP contribution in [0.1, 0.15) is 55.3 Å². The predicted molar refractivity (Wildman–Crippen MR) is 79.4 cm³/mol. The molecule has 2 aromatic rings. The third-order valence-corrected chi connectivity index (χ3v) is 4.07. The zero-order valence-corrected chi connectivity index (χ0v) is 12.5. The lowest BCUT2D eigenvalue weighted by Crippen LogP contribution is -2.10. The van der Waals surface area contributed by atoms with Gasteiger partial charge in [-0.25, -0.2) is 0 Å². The normalized spacial score (nSPS) is 19.5. The van der Waals surface area contributed by atoms with Crippen LogP contribution in [0.2, 0.25) is 5.02 Å². The van der Waals surface area contributed by atoms with Gasteiger partial charge in [-0.05, 0) is 30.5 Å². The number of hydrogen-bond donors (Lipinski definition) is 0. The van der Waals surface area contributed by atoms with E-state index in [0.29, 0.717) is 29.6 Å². The van der Waals surface area contributed by atoms with Crippen molar-refractivity contribution >= 4 is 17.4 Å². The highest BCUT2D eigenvalue weighted by Gasteiger charge is 2.27. The third-order valence-electron chi connectivity index (χ3n) is 3.84. The summed E-state index contributed by atoms with van der Waals surface area (Å²) in [6.45, 7) is 0. The molecule has 110 valence electrons. The maximum atomic E-state index is 12.1. The Balaban J connectivity index is 1.75. The lowest BCUT2D eigenvalue weighted by atomic mass is 9.99. The van der Waals surface area contributed by atoms with Crippen molar-refractivity contribution in [3.63, 3.8) is 0 Å². The zero-order chi connectivity index (χ0) is 14.7. The lowest BCUT2D eigenvalue weighted by Gasteiger charge is -2.06. The van der Waals surface area contributed by atoms with Crippen molar-refractivity contribution in [2.45, 2.75) is 44.4 Å². The Labute approximate surface area is 128 Å². The van der Waals surface area contributed by atoms with E-state index < -0.39 is 0 Å². The second-order valence-electron chi connectivity index (χ2n) is 5.47. The number of rotatable bonds is 3. The first kappa shape index (κ1) is 14.3. The topological polar surface area (TPSA) is 56.0 Å². The summed E-state index contributed by atoms with van der Waals surface area (Å²) in [5.41, 5.74) is 1.03. The van der Waals surface area contributed by atoms with Gasteiger partial charge in [-0.15, -0.1) is 0 Å². The molecule has 1 aliphatic rings. The number of benzene rings is 1. The monoisotopic (exact) mass is 304 g/mol. The standard InChI is InChI=1S/C16H17ClN2O2/c17-12-6-4-5-11(9-12)10-15-18-16(21-19-15)13-7-2-1-3-8-14(13)20/h4-6,9,13H,1-3,7-8,10H2. The van der Waals surface area contributed by atoms with Crippen molar-refractivity contribution in [1.82, 2.24) is 10.1 Å². The van der Waals surface area contributed by atoms with Gasteiger partial charge in [-0.1, -0.05) is 41.7 Å². The third kappa shape index (κ3) is 3.50. The fraction of sp³-hybridized carbons (Fsp3) is 0.438. The van der Waals surface area contributed by atoms with Crippen molar-refractivity contribution in [2.75, 3.05) is 0 Å². The molecule has 21 heavy (non-hydrogen) atoms. The maximum Gasteiger partial charge on any atom is 0.237 e. The van der Waals surface area contributed by atoms with Gasteiger partial charge >= 0.3 is 0 Å². The van der Waals surface area contributed by atoms with Gasteiger partial charge in [0, 0.05) is 17.9 Å². The Morgan fingerprint density at radius 2 is 2.19 bits per heavy atom. The molecule has 1 unspecified atom stereocenters. The quantitative estimate of drug-likeness (QED) is 0.806. The van der Waals surface area contributed by atoms with Gasteiger partial charge in [0.1, 0.15) is 5.78 Å². The summed E-state index contributed by atoms with van der Waals surface area (Å²) in [4.78, 5) is 16.5. The molecule has 1 aromatic carbocycles. The molecule has 1 heterocycles. The molecule has 0 saturated heterocycles. The minimum atomic E-state index is -0.215. The van der Waals surface area contributed by atoms with Crippen LogP contribution in [-0.4, -0.2) is 15.9 Å². The molecular weight excluding hydrogens is 288 g/mol. The van der Waals surface area contributed by atoms with E-state index in [1.165, 1.54) is 0 Å². The molecular formula is C16H17ClN2O2. The van der Waals surface area contributed by atoms with Gasteiger partial charge < -0.3 is 4.52 Å². The molecule has 1 aliphatic carbocycles. The van der Waals surface area contributed by atoms with E-state index in [0.717, 1.165) is 31.2 Å². The van der Waals surface area contributed by atoms with Crippen molar-refractivity contribution in [2.24, 2.45) is 0 Å².